The Labute approximate surface area is 104 Å². The molecule has 0 aliphatic rings. The Morgan fingerprint density at radius 3 is 2.61 bits per heavy atom. The van der Waals surface area contributed by atoms with Crippen molar-refractivity contribution in [1.82, 2.24) is 9.78 Å². The molecule has 0 saturated heterocycles. The molecule has 1 heterocycles. The van der Waals surface area contributed by atoms with E-state index < -0.39 is 0 Å². The number of anilines is 2. The molecule has 1 aromatic heterocycles. The maximum Gasteiger partial charge on any atom is 0.248 e. The third-order valence-electron chi connectivity index (χ3n) is 2.57. The van der Waals surface area contributed by atoms with Gasteiger partial charge in [-0.05, 0) is 30.3 Å². The van der Waals surface area contributed by atoms with Crippen LogP contribution in [0.4, 0.5) is 11.5 Å². The van der Waals surface area contributed by atoms with E-state index in [4.69, 9.17) is 5.73 Å². The van der Waals surface area contributed by atoms with Crippen LogP contribution in [0.3, 0.4) is 0 Å². The van der Waals surface area contributed by atoms with Crippen LogP contribution in [-0.2, 0) is 11.3 Å². The molecule has 0 spiro atoms. The highest BCUT2D eigenvalue weighted by Crippen LogP contribution is 2.17. The minimum absolute atomic E-state index is 0.120. The number of carbonyl (C=O) groups is 1. The number of likely N-dealkylation sites (N-methyl/N-ethyl adjacent to an activating group) is 1. The summed E-state index contributed by atoms with van der Waals surface area (Å²) in [7, 11) is 1.67. The van der Waals surface area contributed by atoms with Crippen molar-refractivity contribution in [3.05, 3.63) is 36.5 Å². The van der Waals surface area contributed by atoms with E-state index in [-0.39, 0.29) is 18.2 Å². The number of aromatic hydroxyl groups is 1. The summed E-state index contributed by atoms with van der Waals surface area (Å²) in [5.41, 5.74) is 6.18. The first kappa shape index (κ1) is 12.0. The monoisotopic (exact) mass is 246 g/mol. The third-order valence-corrected chi connectivity index (χ3v) is 2.57. The van der Waals surface area contributed by atoms with E-state index in [1.54, 1.807) is 31.4 Å². The van der Waals surface area contributed by atoms with Crippen LogP contribution in [0.25, 0.3) is 0 Å². The zero-order chi connectivity index (χ0) is 13.1. The Morgan fingerprint density at radius 2 is 2.06 bits per heavy atom. The second-order valence-corrected chi connectivity index (χ2v) is 3.91. The molecule has 0 atom stereocenters. The number of nitrogens with zero attached hydrogens (tertiary/aromatic N) is 3. The fraction of sp³-hybridized carbons (Fsp3) is 0.167. The van der Waals surface area contributed by atoms with Gasteiger partial charge < -0.3 is 15.7 Å². The van der Waals surface area contributed by atoms with Gasteiger partial charge in [-0.2, -0.15) is 5.10 Å². The summed E-state index contributed by atoms with van der Waals surface area (Å²) in [6.45, 7) is 0.120. The van der Waals surface area contributed by atoms with E-state index in [2.05, 4.69) is 5.10 Å². The van der Waals surface area contributed by atoms with Crippen molar-refractivity contribution < 1.29 is 9.90 Å². The Bertz CT molecular complexity index is 547. The molecule has 3 N–H and O–H groups in total. The predicted octanol–water partition coefficient (Wildman–Crippen LogP) is 0.834. The Kier molecular flexibility index (Phi) is 3.18. The molecule has 0 aliphatic heterocycles. The lowest BCUT2D eigenvalue weighted by Crippen LogP contribution is -2.30. The van der Waals surface area contributed by atoms with Crippen LogP contribution in [0.1, 0.15) is 0 Å². The number of rotatable bonds is 3. The molecule has 0 unspecified atom stereocenters. The number of amides is 1. The van der Waals surface area contributed by atoms with Gasteiger partial charge in [0, 0.05) is 18.9 Å². The van der Waals surface area contributed by atoms with Crippen LogP contribution in [0.5, 0.6) is 5.75 Å². The predicted molar refractivity (Wildman–Crippen MR) is 68.2 cm³/mol. The van der Waals surface area contributed by atoms with E-state index in [0.717, 1.165) is 0 Å². The van der Waals surface area contributed by atoms with Crippen molar-refractivity contribution >= 4 is 17.4 Å². The molecular formula is C12H14N4O2. The normalized spacial score (nSPS) is 10.3. The standard InChI is InChI=1S/C12H14N4O2/c1-15(9-2-4-10(17)5-3-9)12(18)8-16-7-6-11(13)14-16/h2-7,17H,8H2,1H3,(H2,13,14). The van der Waals surface area contributed by atoms with E-state index >= 15 is 0 Å². The molecule has 0 radical (unpaired) electrons. The fourth-order valence-corrected chi connectivity index (χ4v) is 1.53. The quantitative estimate of drug-likeness (QED) is 0.840. The number of phenolic OH excluding ortho intramolecular Hbond substituents is 1. The molecule has 1 amide bonds. The van der Waals surface area contributed by atoms with E-state index in [9.17, 15) is 9.90 Å². The zero-order valence-corrected chi connectivity index (χ0v) is 9.95. The maximum absolute atomic E-state index is 12.0. The van der Waals surface area contributed by atoms with Gasteiger partial charge in [0.25, 0.3) is 0 Å². The van der Waals surface area contributed by atoms with Crippen molar-refractivity contribution in [1.29, 1.82) is 0 Å². The number of benzene rings is 1. The molecule has 0 fully saturated rings. The molecule has 0 aliphatic carbocycles. The van der Waals surface area contributed by atoms with E-state index in [1.807, 2.05) is 0 Å². The van der Waals surface area contributed by atoms with E-state index in [0.29, 0.717) is 11.5 Å². The van der Waals surface area contributed by atoms with Crippen molar-refractivity contribution in [3.8, 4) is 5.75 Å². The highest BCUT2D eigenvalue weighted by molar-refractivity contribution is 5.92. The number of phenols is 1. The van der Waals surface area contributed by atoms with Gasteiger partial charge in [0.2, 0.25) is 5.91 Å². The summed E-state index contributed by atoms with van der Waals surface area (Å²) < 4.78 is 1.48. The molecule has 1 aromatic carbocycles. The van der Waals surface area contributed by atoms with Crippen LogP contribution in [-0.4, -0.2) is 27.8 Å². The van der Waals surface area contributed by atoms with Gasteiger partial charge in [-0.15, -0.1) is 0 Å². The van der Waals surface area contributed by atoms with Gasteiger partial charge >= 0.3 is 0 Å². The molecule has 2 aromatic rings. The Balaban J connectivity index is 2.07. The number of hydrogen-bond donors (Lipinski definition) is 2. The first-order valence-corrected chi connectivity index (χ1v) is 5.41. The SMILES string of the molecule is CN(C(=O)Cn1ccc(N)n1)c1ccc(O)cc1. The van der Waals surface area contributed by atoms with Gasteiger partial charge in [-0.3, -0.25) is 9.48 Å². The highest BCUT2D eigenvalue weighted by atomic mass is 16.3. The van der Waals surface area contributed by atoms with Crippen molar-refractivity contribution in [2.45, 2.75) is 6.54 Å². The first-order valence-electron chi connectivity index (χ1n) is 5.41. The first-order chi connectivity index (χ1) is 8.56. The smallest absolute Gasteiger partial charge is 0.248 e. The van der Waals surface area contributed by atoms with Crippen LogP contribution in [0.15, 0.2) is 36.5 Å². The number of carbonyl (C=O) groups excluding carboxylic acids is 1. The molecular weight excluding hydrogens is 232 g/mol. The highest BCUT2D eigenvalue weighted by Gasteiger charge is 2.11. The minimum Gasteiger partial charge on any atom is -0.508 e. The van der Waals surface area contributed by atoms with Gasteiger partial charge in [0.1, 0.15) is 18.1 Å². The van der Waals surface area contributed by atoms with E-state index in [1.165, 1.54) is 21.7 Å². The summed E-state index contributed by atoms with van der Waals surface area (Å²) in [5.74, 6) is 0.429. The third kappa shape index (κ3) is 2.60. The minimum atomic E-state index is -0.121. The van der Waals surface area contributed by atoms with Crippen molar-refractivity contribution in [2.24, 2.45) is 0 Å². The molecule has 6 nitrogen and oxygen atoms in total. The second-order valence-electron chi connectivity index (χ2n) is 3.91. The van der Waals surface area contributed by atoms with Crippen LogP contribution in [0, 0.1) is 0 Å². The molecule has 6 heteroatoms. The molecule has 94 valence electrons. The van der Waals surface area contributed by atoms with Crippen molar-refractivity contribution in [3.63, 3.8) is 0 Å². The lowest BCUT2D eigenvalue weighted by atomic mass is 10.3. The summed E-state index contributed by atoms with van der Waals surface area (Å²) in [5, 5.41) is 13.1. The summed E-state index contributed by atoms with van der Waals surface area (Å²) in [6.07, 6.45) is 1.65. The largest absolute Gasteiger partial charge is 0.508 e. The number of hydrogen-bond acceptors (Lipinski definition) is 4. The number of nitrogen functional groups attached to an aromatic ring is 1. The van der Waals surface area contributed by atoms with Crippen LogP contribution >= 0.6 is 0 Å². The topological polar surface area (TPSA) is 84.4 Å². The molecule has 18 heavy (non-hydrogen) atoms. The van der Waals surface area contributed by atoms with Crippen molar-refractivity contribution in [2.75, 3.05) is 17.7 Å². The number of aromatic nitrogens is 2. The average molecular weight is 246 g/mol. The zero-order valence-electron chi connectivity index (χ0n) is 9.95. The Hall–Kier alpha value is -2.50. The fourth-order valence-electron chi connectivity index (χ4n) is 1.53. The van der Waals surface area contributed by atoms with Gasteiger partial charge in [-0.25, -0.2) is 0 Å². The molecule has 0 saturated carbocycles. The molecule has 0 bridgehead atoms. The lowest BCUT2D eigenvalue weighted by Gasteiger charge is -2.17. The summed E-state index contributed by atoms with van der Waals surface area (Å²) in [4.78, 5) is 13.5. The Morgan fingerprint density at radius 1 is 1.39 bits per heavy atom. The maximum atomic E-state index is 12.0. The van der Waals surface area contributed by atoms with Gasteiger partial charge in [-0.1, -0.05) is 0 Å². The van der Waals surface area contributed by atoms with Crippen LogP contribution < -0.4 is 10.6 Å². The summed E-state index contributed by atoms with van der Waals surface area (Å²) >= 11 is 0. The average Bonchev–Trinajstić information content (AvgIpc) is 2.75. The lowest BCUT2D eigenvalue weighted by molar-refractivity contribution is -0.119. The molecule has 2 rings (SSSR count). The number of nitrogens with two attached hydrogens (primary N) is 1. The van der Waals surface area contributed by atoms with Gasteiger partial charge in [0.15, 0.2) is 0 Å². The second kappa shape index (κ2) is 4.79. The van der Waals surface area contributed by atoms with Gasteiger partial charge in [0.05, 0.1) is 0 Å². The summed E-state index contributed by atoms with van der Waals surface area (Å²) in [6, 6.07) is 8.04. The van der Waals surface area contributed by atoms with Crippen LogP contribution in [0.2, 0.25) is 0 Å².